The van der Waals surface area contributed by atoms with E-state index in [2.05, 4.69) is 15.4 Å². The maximum absolute atomic E-state index is 13.2. The van der Waals surface area contributed by atoms with Crippen LogP contribution in [0.15, 0.2) is 18.2 Å². The predicted molar refractivity (Wildman–Crippen MR) is 81.4 cm³/mol. The molecule has 0 atom stereocenters. The van der Waals surface area contributed by atoms with Crippen LogP contribution in [0, 0.1) is 11.7 Å². The van der Waals surface area contributed by atoms with E-state index in [0.29, 0.717) is 12.3 Å². The largest absolute Gasteiger partial charge is 0.482 e. The first-order chi connectivity index (χ1) is 11.3. The molecule has 2 N–H and O–H groups in total. The quantitative estimate of drug-likeness (QED) is 0.774. The molecular formula is C16H20F4N2O2. The number of amides is 1. The third-order valence-electron chi connectivity index (χ3n) is 3.85. The van der Waals surface area contributed by atoms with E-state index in [0.717, 1.165) is 38.1 Å². The third-order valence-corrected chi connectivity index (χ3v) is 3.85. The van der Waals surface area contributed by atoms with Gasteiger partial charge >= 0.3 is 6.18 Å². The van der Waals surface area contributed by atoms with Gasteiger partial charge in [0.15, 0.2) is 6.61 Å². The van der Waals surface area contributed by atoms with Gasteiger partial charge < -0.3 is 15.4 Å². The van der Waals surface area contributed by atoms with Gasteiger partial charge in [0.25, 0.3) is 0 Å². The topological polar surface area (TPSA) is 50.4 Å². The molecule has 1 amide bonds. The van der Waals surface area contributed by atoms with Gasteiger partial charge in [-0.1, -0.05) is 0 Å². The zero-order valence-electron chi connectivity index (χ0n) is 13.1. The monoisotopic (exact) mass is 348 g/mol. The van der Waals surface area contributed by atoms with E-state index in [9.17, 15) is 22.4 Å². The number of carbonyl (C=O) groups excluding carboxylic acids is 1. The Morgan fingerprint density at radius 1 is 1.29 bits per heavy atom. The van der Waals surface area contributed by atoms with Crippen molar-refractivity contribution in [1.82, 2.24) is 5.32 Å². The van der Waals surface area contributed by atoms with Crippen LogP contribution < -0.4 is 15.4 Å². The minimum atomic E-state index is -4.54. The van der Waals surface area contributed by atoms with Crippen molar-refractivity contribution in [2.24, 2.45) is 5.92 Å². The van der Waals surface area contributed by atoms with Crippen LogP contribution in [-0.2, 0) is 4.79 Å². The summed E-state index contributed by atoms with van der Waals surface area (Å²) >= 11 is 0. The molecule has 0 saturated carbocycles. The normalized spacial score (nSPS) is 16.0. The first-order valence-electron chi connectivity index (χ1n) is 7.83. The molecule has 0 spiro atoms. The van der Waals surface area contributed by atoms with Gasteiger partial charge in [0.1, 0.15) is 11.6 Å². The molecule has 8 heteroatoms. The molecule has 0 bridgehead atoms. The van der Waals surface area contributed by atoms with E-state index in [1.54, 1.807) is 0 Å². The molecule has 1 saturated heterocycles. The fourth-order valence-electron chi connectivity index (χ4n) is 2.60. The summed E-state index contributed by atoms with van der Waals surface area (Å²) in [5.74, 6) is -0.925. The second kappa shape index (κ2) is 8.32. The predicted octanol–water partition coefficient (Wildman–Crippen LogP) is 3.49. The zero-order valence-corrected chi connectivity index (χ0v) is 13.1. The van der Waals surface area contributed by atoms with Crippen molar-refractivity contribution in [3.05, 3.63) is 24.0 Å². The Hall–Kier alpha value is -1.83. The van der Waals surface area contributed by atoms with Crippen LogP contribution in [0.25, 0.3) is 0 Å². The highest BCUT2D eigenvalue weighted by atomic mass is 19.4. The highest BCUT2D eigenvalue weighted by molar-refractivity contribution is 5.92. The number of rotatable bonds is 6. The van der Waals surface area contributed by atoms with Crippen molar-refractivity contribution < 1.29 is 27.1 Å². The van der Waals surface area contributed by atoms with Crippen LogP contribution in [0.3, 0.4) is 0 Å². The van der Waals surface area contributed by atoms with Crippen molar-refractivity contribution in [1.29, 1.82) is 0 Å². The van der Waals surface area contributed by atoms with Gasteiger partial charge in [0.2, 0.25) is 5.91 Å². The molecule has 1 aliphatic heterocycles. The van der Waals surface area contributed by atoms with Crippen LogP contribution in [0.2, 0.25) is 0 Å². The highest BCUT2D eigenvalue weighted by Gasteiger charge is 2.29. The van der Waals surface area contributed by atoms with Crippen LogP contribution in [0.1, 0.15) is 25.7 Å². The lowest BCUT2D eigenvalue weighted by atomic mass is 9.93. The molecule has 1 heterocycles. The summed E-state index contributed by atoms with van der Waals surface area (Å²) in [5.41, 5.74) is 0.0379. The zero-order chi connectivity index (χ0) is 17.6. The lowest BCUT2D eigenvalue weighted by Gasteiger charge is -2.22. The number of hydrogen-bond acceptors (Lipinski definition) is 3. The molecule has 2 rings (SSSR count). The van der Waals surface area contributed by atoms with Gasteiger partial charge in [-0.15, -0.1) is 0 Å². The molecule has 1 fully saturated rings. The Bertz CT molecular complexity index is 557. The maximum Gasteiger partial charge on any atom is 0.422 e. The summed E-state index contributed by atoms with van der Waals surface area (Å²) < 4.78 is 54.6. The molecule has 1 aliphatic rings. The summed E-state index contributed by atoms with van der Waals surface area (Å²) in [7, 11) is 0. The molecular weight excluding hydrogens is 328 g/mol. The first kappa shape index (κ1) is 18.5. The van der Waals surface area contributed by atoms with Gasteiger partial charge in [-0.3, -0.25) is 4.79 Å². The molecule has 0 aromatic heterocycles. The summed E-state index contributed by atoms with van der Waals surface area (Å²) in [6, 6.07) is 3.08. The maximum atomic E-state index is 13.2. The molecule has 0 unspecified atom stereocenters. The Labute approximate surface area is 137 Å². The van der Waals surface area contributed by atoms with E-state index in [-0.39, 0.29) is 23.8 Å². The summed E-state index contributed by atoms with van der Waals surface area (Å²) in [4.78, 5) is 12.0. The number of carbonyl (C=O) groups is 1. The number of alkyl halides is 3. The Morgan fingerprint density at radius 3 is 2.67 bits per heavy atom. The summed E-state index contributed by atoms with van der Waals surface area (Å²) in [5, 5.41) is 5.74. The average molecular weight is 348 g/mol. The van der Waals surface area contributed by atoms with Gasteiger partial charge in [0.05, 0.1) is 5.69 Å². The molecule has 1 aromatic rings. The van der Waals surface area contributed by atoms with Gasteiger partial charge in [-0.2, -0.15) is 13.2 Å². The average Bonchev–Trinajstić information content (AvgIpc) is 2.53. The standard InChI is InChI=1S/C16H20F4N2O2/c17-12-2-3-13(14(9-12)24-10-16(18,19)20)22-15(23)4-1-11-5-7-21-8-6-11/h2-3,9,11,21H,1,4-8,10H2,(H,22,23). The minimum Gasteiger partial charge on any atom is -0.482 e. The number of halogens is 4. The smallest absolute Gasteiger partial charge is 0.422 e. The van der Waals surface area contributed by atoms with Crippen LogP contribution in [-0.4, -0.2) is 31.8 Å². The van der Waals surface area contributed by atoms with Crippen LogP contribution >= 0.6 is 0 Å². The van der Waals surface area contributed by atoms with E-state index in [1.165, 1.54) is 6.07 Å². The van der Waals surface area contributed by atoms with Gasteiger partial charge in [0, 0.05) is 12.5 Å². The van der Waals surface area contributed by atoms with Crippen molar-refractivity contribution in [3.8, 4) is 5.75 Å². The minimum absolute atomic E-state index is 0.0379. The number of benzene rings is 1. The number of piperidine rings is 1. The molecule has 1 aromatic carbocycles. The summed E-state index contributed by atoms with van der Waals surface area (Å²) in [6.45, 7) is 0.313. The SMILES string of the molecule is O=C(CCC1CCNCC1)Nc1ccc(F)cc1OCC(F)(F)F. The Morgan fingerprint density at radius 2 is 2.00 bits per heavy atom. The molecule has 0 radical (unpaired) electrons. The molecule has 24 heavy (non-hydrogen) atoms. The van der Waals surface area contributed by atoms with Crippen molar-refractivity contribution >= 4 is 11.6 Å². The number of hydrogen-bond donors (Lipinski definition) is 2. The molecule has 134 valence electrons. The fourth-order valence-corrected chi connectivity index (χ4v) is 2.60. The van der Waals surface area contributed by atoms with Crippen molar-refractivity contribution in [2.45, 2.75) is 31.9 Å². The van der Waals surface area contributed by atoms with Gasteiger partial charge in [-0.25, -0.2) is 4.39 Å². The second-order valence-corrected chi connectivity index (χ2v) is 5.82. The second-order valence-electron chi connectivity index (χ2n) is 5.82. The van der Waals surface area contributed by atoms with Crippen LogP contribution in [0.5, 0.6) is 5.75 Å². The molecule has 0 aliphatic carbocycles. The molecule has 4 nitrogen and oxygen atoms in total. The summed E-state index contributed by atoms with van der Waals surface area (Å²) in [6.07, 6.45) is -1.55. The number of anilines is 1. The highest BCUT2D eigenvalue weighted by Crippen LogP contribution is 2.28. The number of ether oxygens (including phenoxy) is 1. The lowest BCUT2D eigenvalue weighted by Crippen LogP contribution is -2.28. The lowest BCUT2D eigenvalue weighted by molar-refractivity contribution is -0.153. The van der Waals surface area contributed by atoms with E-state index in [1.807, 2.05) is 0 Å². The van der Waals surface area contributed by atoms with Crippen molar-refractivity contribution in [3.63, 3.8) is 0 Å². The van der Waals surface area contributed by atoms with Crippen molar-refractivity contribution in [2.75, 3.05) is 25.0 Å². The fraction of sp³-hybridized carbons (Fsp3) is 0.562. The van der Waals surface area contributed by atoms with E-state index < -0.39 is 18.6 Å². The van der Waals surface area contributed by atoms with E-state index >= 15 is 0 Å². The Kier molecular flexibility index (Phi) is 6.42. The first-order valence-corrected chi connectivity index (χ1v) is 7.83. The number of nitrogens with one attached hydrogen (secondary N) is 2. The third kappa shape index (κ3) is 6.35. The van der Waals surface area contributed by atoms with Gasteiger partial charge in [-0.05, 0) is 50.4 Å². The van der Waals surface area contributed by atoms with E-state index in [4.69, 9.17) is 0 Å². The van der Waals surface area contributed by atoms with Crippen LogP contribution in [0.4, 0.5) is 23.2 Å². The Balaban J connectivity index is 1.91.